The lowest BCUT2D eigenvalue weighted by molar-refractivity contribution is 0.107. The van der Waals surface area contributed by atoms with Crippen molar-refractivity contribution in [1.82, 2.24) is 0 Å². The molecule has 0 amide bonds. The van der Waals surface area contributed by atoms with Crippen LogP contribution in [0.4, 0.5) is 0 Å². The highest BCUT2D eigenvalue weighted by Crippen LogP contribution is 2.38. The highest BCUT2D eigenvalue weighted by molar-refractivity contribution is 9.11. The van der Waals surface area contributed by atoms with Crippen LogP contribution in [0.25, 0.3) is 0 Å². The topological polar surface area (TPSA) is 20.2 Å². The molecule has 1 rings (SSSR count). The molecule has 0 fully saturated rings. The Kier molecular flexibility index (Phi) is 4.91. The van der Waals surface area contributed by atoms with Gasteiger partial charge in [0.2, 0.25) is 0 Å². The second kappa shape index (κ2) is 5.50. The Morgan fingerprint density at radius 2 is 2.07 bits per heavy atom. The molecule has 0 radical (unpaired) electrons. The Labute approximate surface area is 102 Å². The average Bonchev–Trinajstić information content (AvgIpc) is 2.49. The summed E-state index contributed by atoms with van der Waals surface area (Å²) in [6.45, 7) is 4.20. The van der Waals surface area contributed by atoms with Crippen LogP contribution in [0.3, 0.4) is 0 Å². The predicted octanol–water partition coefficient (Wildman–Crippen LogP) is 4.63. The van der Waals surface area contributed by atoms with E-state index >= 15 is 0 Å². The Bertz CT molecular complexity index is 277. The number of hydrogen-bond donors (Lipinski definition) is 1. The van der Waals surface area contributed by atoms with Gasteiger partial charge in [-0.05, 0) is 27.9 Å². The SMILES string of the molecule is CCC(CC)C(O)c1cc(Cl)c(Br)s1. The van der Waals surface area contributed by atoms with Crippen molar-refractivity contribution >= 4 is 38.9 Å². The van der Waals surface area contributed by atoms with E-state index in [9.17, 15) is 5.11 Å². The molecule has 1 aromatic heterocycles. The van der Waals surface area contributed by atoms with Gasteiger partial charge in [0.1, 0.15) is 0 Å². The molecule has 1 atom stereocenters. The van der Waals surface area contributed by atoms with Crippen molar-refractivity contribution in [2.24, 2.45) is 5.92 Å². The summed E-state index contributed by atoms with van der Waals surface area (Å²) in [5.74, 6) is 0.330. The quantitative estimate of drug-likeness (QED) is 0.859. The zero-order valence-electron chi connectivity index (χ0n) is 8.26. The standard InChI is InChI=1S/C10H14BrClOS/c1-3-6(4-2)9(13)8-5-7(12)10(11)14-8/h5-6,9,13H,3-4H2,1-2H3. The molecule has 80 valence electrons. The third-order valence-electron chi connectivity index (χ3n) is 2.45. The maximum Gasteiger partial charge on any atom is 0.0910 e. The first-order valence-electron chi connectivity index (χ1n) is 4.72. The number of halogens is 2. The number of hydrogen-bond acceptors (Lipinski definition) is 2. The molecule has 0 aliphatic heterocycles. The molecule has 0 saturated heterocycles. The maximum absolute atomic E-state index is 10.0. The van der Waals surface area contributed by atoms with Crippen LogP contribution in [0.15, 0.2) is 9.85 Å². The van der Waals surface area contributed by atoms with Gasteiger partial charge in [0.05, 0.1) is 14.9 Å². The molecule has 0 spiro atoms. The van der Waals surface area contributed by atoms with Gasteiger partial charge < -0.3 is 5.11 Å². The van der Waals surface area contributed by atoms with Crippen LogP contribution in [0.1, 0.15) is 37.7 Å². The van der Waals surface area contributed by atoms with Crippen molar-refractivity contribution in [2.75, 3.05) is 0 Å². The molecule has 1 nitrogen and oxygen atoms in total. The summed E-state index contributed by atoms with van der Waals surface area (Å²) < 4.78 is 0.902. The van der Waals surface area contributed by atoms with Crippen LogP contribution in [0, 0.1) is 5.92 Å². The van der Waals surface area contributed by atoms with Crippen molar-refractivity contribution in [3.8, 4) is 0 Å². The molecule has 0 saturated carbocycles. The monoisotopic (exact) mass is 296 g/mol. The van der Waals surface area contributed by atoms with E-state index in [1.54, 1.807) is 0 Å². The van der Waals surface area contributed by atoms with Gasteiger partial charge in [0, 0.05) is 4.88 Å². The first-order chi connectivity index (χ1) is 6.60. The Hall–Kier alpha value is 0.430. The highest BCUT2D eigenvalue weighted by atomic mass is 79.9. The molecule has 4 heteroatoms. The van der Waals surface area contributed by atoms with Gasteiger partial charge in [-0.2, -0.15) is 0 Å². The van der Waals surface area contributed by atoms with Gasteiger partial charge in [0.25, 0.3) is 0 Å². The van der Waals surface area contributed by atoms with E-state index in [4.69, 9.17) is 11.6 Å². The summed E-state index contributed by atoms with van der Waals surface area (Å²) in [5.41, 5.74) is 0. The first kappa shape index (κ1) is 12.5. The summed E-state index contributed by atoms with van der Waals surface area (Å²) in [5, 5.41) is 10.7. The van der Waals surface area contributed by atoms with Gasteiger partial charge in [-0.1, -0.05) is 38.3 Å². The molecular weight excluding hydrogens is 284 g/mol. The first-order valence-corrected chi connectivity index (χ1v) is 6.71. The van der Waals surface area contributed by atoms with E-state index in [0.29, 0.717) is 10.9 Å². The fraction of sp³-hybridized carbons (Fsp3) is 0.600. The zero-order chi connectivity index (χ0) is 10.7. The second-order valence-corrected chi connectivity index (χ2v) is 6.10. The largest absolute Gasteiger partial charge is 0.387 e. The van der Waals surface area contributed by atoms with Gasteiger partial charge in [0.15, 0.2) is 0 Å². The van der Waals surface area contributed by atoms with E-state index in [1.807, 2.05) is 6.07 Å². The third kappa shape index (κ3) is 2.72. The zero-order valence-corrected chi connectivity index (χ0v) is 11.4. The smallest absolute Gasteiger partial charge is 0.0910 e. The summed E-state index contributed by atoms with van der Waals surface area (Å²) in [7, 11) is 0. The van der Waals surface area contributed by atoms with Crippen LogP contribution in [-0.4, -0.2) is 5.11 Å². The van der Waals surface area contributed by atoms with Gasteiger partial charge in [-0.15, -0.1) is 11.3 Å². The molecule has 1 N–H and O–H groups in total. The minimum atomic E-state index is -0.376. The molecule has 0 aromatic carbocycles. The van der Waals surface area contributed by atoms with Crippen LogP contribution in [-0.2, 0) is 0 Å². The molecular formula is C10H14BrClOS. The summed E-state index contributed by atoms with van der Waals surface area (Å²) >= 11 is 10.8. The lowest BCUT2D eigenvalue weighted by Crippen LogP contribution is -2.09. The van der Waals surface area contributed by atoms with Crippen molar-refractivity contribution in [3.05, 3.63) is 19.8 Å². The van der Waals surface area contributed by atoms with Gasteiger partial charge in [-0.25, -0.2) is 0 Å². The van der Waals surface area contributed by atoms with E-state index < -0.39 is 0 Å². The fourth-order valence-electron chi connectivity index (χ4n) is 1.48. The van der Waals surface area contributed by atoms with Gasteiger partial charge in [-0.3, -0.25) is 0 Å². The fourth-order valence-corrected chi connectivity index (χ4v) is 3.30. The van der Waals surface area contributed by atoms with Crippen molar-refractivity contribution in [2.45, 2.75) is 32.8 Å². The van der Waals surface area contributed by atoms with E-state index in [2.05, 4.69) is 29.8 Å². The molecule has 0 bridgehead atoms. The Balaban J connectivity index is 2.82. The average molecular weight is 298 g/mol. The van der Waals surface area contributed by atoms with Gasteiger partial charge >= 0.3 is 0 Å². The molecule has 1 aromatic rings. The normalized spacial score (nSPS) is 13.6. The third-order valence-corrected chi connectivity index (χ3v) is 5.00. The van der Waals surface area contributed by atoms with E-state index in [1.165, 1.54) is 11.3 Å². The van der Waals surface area contributed by atoms with E-state index in [0.717, 1.165) is 21.5 Å². The number of thiophene rings is 1. The van der Waals surface area contributed by atoms with Crippen molar-refractivity contribution in [1.29, 1.82) is 0 Å². The Morgan fingerprint density at radius 1 is 1.50 bits per heavy atom. The lowest BCUT2D eigenvalue weighted by atomic mass is 9.96. The summed E-state index contributed by atoms with van der Waals surface area (Å²) in [4.78, 5) is 0.954. The van der Waals surface area contributed by atoms with Crippen LogP contribution in [0.2, 0.25) is 5.02 Å². The van der Waals surface area contributed by atoms with Crippen molar-refractivity contribution in [3.63, 3.8) is 0 Å². The highest BCUT2D eigenvalue weighted by Gasteiger charge is 2.20. The number of rotatable bonds is 4. The predicted molar refractivity (Wildman–Crippen MR) is 66.1 cm³/mol. The maximum atomic E-state index is 10.0. The van der Waals surface area contributed by atoms with Crippen LogP contribution < -0.4 is 0 Å². The molecule has 1 heterocycles. The number of aliphatic hydroxyl groups excluding tert-OH is 1. The Morgan fingerprint density at radius 3 is 2.43 bits per heavy atom. The minimum Gasteiger partial charge on any atom is -0.387 e. The van der Waals surface area contributed by atoms with Crippen molar-refractivity contribution < 1.29 is 5.11 Å². The molecule has 0 aliphatic carbocycles. The molecule has 14 heavy (non-hydrogen) atoms. The summed E-state index contributed by atoms with van der Waals surface area (Å²) in [6, 6.07) is 1.85. The van der Waals surface area contributed by atoms with Crippen LogP contribution >= 0.6 is 38.9 Å². The minimum absolute atomic E-state index is 0.330. The van der Waals surface area contributed by atoms with E-state index in [-0.39, 0.29) is 6.10 Å². The second-order valence-electron chi connectivity index (χ2n) is 3.29. The summed E-state index contributed by atoms with van der Waals surface area (Å²) in [6.07, 6.45) is 1.61. The lowest BCUT2D eigenvalue weighted by Gasteiger charge is -2.18. The number of aliphatic hydroxyl groups is 1. The van der Waals surface area contributed by atoms with Crippen LogP contribution in [0.5, 0.6) is 0 Å². The molecule has 1 unspecified atom stereocenters. The molecule has 0 aliphatic rings.